The lowest BCUT2D eigenvalue weighted by Gasteiger charge is -2.12. The summed E-state index contributed by atoms with van der Waals surface area (Å²) in [7, 11) is 0. The number of rotatable bonds is 6. The number of nitrogens with one attached hydrogen (secondary N) is 1. The van der Waals surface area contributed by atoms with Crippen LogP contribution in [0.25, 0.3) is 0 Å². The minimum atomic E-state index is -0.427. The van der Waals surface area contributed by atoms with Crippen LogP contribution in [0, 0.1) is 12.7 Å². The second-order valence-corrected chi connectivity index (χ2v) is 4.51. The molecule has 0 bridgehead atoms. The Labute approximate surface area is 108 Å². The van der Waals surface area contributed by atoms with Gasteiger partial charge in [0.15, 0.2) is 0 Å². The highest BCUT2D eigenvalue weighted by atomic mass is 19.1. The minimum Gasteiger partial charge on any atom is -0.354 e. The molecule has 1 rings (SSSR count). The molecule has 0 saturated carbocycles. The number of benzene rings is 1. The number of nitrogens with two attached hydrogens (primary N) is 1. The van der Waals surface area contributed by atoms with Crippen molar-refractivity contribution in [3.05, 3.63) is 35.1 Å². The summed E-state index contributed by atoms with van der Waals surface area (Å²) < 4.78 is 12.9. The molecule has 100 valence electrons. The van der Waals surface area contributed by atoms with Crippen molar-refractivity contribution >= 4 is 5.91 Å². The standard InChI is InChI=1S/C14H21FN2O/c1-3-4-13(16)14(18)17-8-7-11-5-6-12(15)9-10(11)2/h5-6,9,13H,3-4,7-8,16H2,1-2H3,(H,17,18). The molecule has 0 radical (unpaired) electrons. The van der Waals surface area contributed by atoms with Crippen molar-refractivity contribution in [3.63, 3.8) is 0 Å². The molecule has 18 heavy (non-hydrogen) atoms. The second-order valence-electron chi connectivity index (χ2n) is 4.51. The van der Waals surface area contributed by atoms with Crippen LogP contribution in [0.1, 0.15) is 30.9 Å². The fraction of sp³-hybridized carbons (Fsp3) is 0.500. The van der Waals surface area contributed by atoms with E-state index in [0.717, 1.165) is 17.5 Å². The van der Waals surface area contributed by atoms with Gasteiger partial charge in [-0.15, -0.1) is 0 Å². The third kappa shape index (κ3) is 4.45. The topological polar surface area (TPSA) is 55.1 Å². The molecule has 1 unspecified atom stereocenters. The van der Waals surface area contributed by atoms with E-state index in [0.29, 0.717) is 19.4 Å². The third-order valence-electron chi connectivity index (χ3n) is 2.93. The number of amides is 1. The van der Waals surface area contributed by atoms with E-state index in [1.807, 2.05) is 13.8 Å². The fourth-order valence-corrected chi connectivity index (χ4v) is 1.83. The highest BCUT2D eigenvalue weighted by Crippen LogP contribution is 2.10. The Morgan fingerprint density at radius 1 is 1.50 bits per heavy atom. The van der Waals surface area contributed by atoms with Gasteiger partial charge >= 0.3 is 0 Å². The zero-order chi connectivity index (χ0) is 13.5. The molecule has 0 saturated heterocycles. The van der Waals surface area contributed by atoms with Gasteiger partial charge in [-0.25, -0.2) is 4.39 Å². The Bertz CT molecular complexity index is 407. The van der Waals surface area contributed by atoms with Crippen molar-refractivity contribution in [2.75, 3.05) is 6.54 Å². The highest BCUT2D eigenvalue weighted by Gasteiger charge is 2.11. The van der Waals surface area contributed by atoms with Crippen LogP contribution < -0.4 is 11.1 Å². The molecule has 0 aromatic heterocycles. The molecule has 0 heterocycles. The van der Waals surface area contributed by atoms with E-state index >= 15 is 0 Å². The van der Waals surface area contributed by atoms with Crippen LogP contribution in [0.15, 0.2) is 18.2 Å². The summed E-state index contributed by atoms with van der Waals surface area (Å²) in [5, 5.41) is 2.80. The molecule has 0 aliphatic rings. The maximum atomic E-state index is 12.9. The first kappa shape index (κ1) is 14.6. The molecule has 1 atom stereocenters. The Hall–Kier alpha value is -1.42. The van der Waals surface area contributed by atoms with E-state index in [2.05, 4.69) is 5.32 Å². The zero-order valence-electron chi connectivity index (χ0n) is 11.0. The van der Waals surface area contributed by atoms with Crippen molar-refractivity contribution in [1.29, 1.82) is 0 Å². The number of carbonyl (C=O) groups is 1. The summed E-state index contributed by atoms with van der Waals surface area (Å²) in [6.07, 6.45) is 2.28. The van der Waals surface area contributed by atoms with Crippen LogP contribution in [0.4, 0.5) is 4.39 Å². The molecule has 0 aliphatic heterocycles. The summed E-state index contributed by atoms with van der Waals surface area (Å²) in [4.78, 5) is 11.6. The minimum absolute atomic E-state index is 0.114. The van der Waals surface area contributed by atoms with Crippen LogP contribution in [-0.2, 0) is 11.2 Å². The van der Waals surface area contributed by atoms with Crippen molar-refractivity contribution in [3.8, 4) is 0 Å². The number of carbonyl (C=O) groups excluding carboxylic acids is 1. The van der Waals surface area contributed by atoms with E-state index < -0.39 is 6.04 Å². The van der Waals surface area contributed by atoms with Gasteiger partial charge in [0.2, 0.25) is 5.91 Å². The maximum absolute atomic E-state index is 12.9. The van der Waals surface area contributed by atoms with E-state index in [4.69, 9.17) is 5.73 Å². The van der Waals surface area contributed by atoms with E-state index in [1.165, 1.54) is 12.1 Å². The number of halogens is 1. The molecular weight excluding hydrogens is 231 g/mol. The molecule has 0 spiro atoms. The lowest BCUT2D eigenvalue weighted by atomic mass is 10.1. The van der Waals surface area contributed by atoms with Gasteiger partial charge in [0, 0.05) is 6.54 Å². The zero-order valence-corrected chi connectivity index (χ0v) is 11.0. The lowest BCUT2D eigenvalue weighted by Crippen LogP contribution is -2.41. The molecule has 1 aromatic carbocycles. The van der Waals surface area contributed by atoms with Gasteiger partial charge in [0.25, 0.3) is 0 Å². The van der Waals surface area contributed by atoms with Gasteiger partial charge in [-0.3, -0.25) is 4.79 Å². The average molecular weight is 252 g/mol. The first-order valence-electron chi connectivity index (χ1n) is 6.33. The maximum Gasteiger partial charge on any atom is 0.236 e. The number of hydrogen-bond acceptors (Lipinski definition) is 2. The smallest absolute Gasteiger partial charge is 0.236 e. The Morgan fingerprint density at radius 2 is 2.22 bits per heavy atom. The van der Waals surface area contributed by atoms with Crippen LogP contribution >= 0.6 is 0 Å². The van der Waals surface area contributed by atoms with Gasteiger partial charge in [0.05, 0.1) is 6.04 Å². The Morgan fingerprint density at radius 3 is 2.83 bits per heavy atom. The summed E-state index contributed by atoms with van der Waals surface area (Å²) in [6.45, 7) is 4.39. The Balaban J connectivity index is 2.39. The van der Waals surface area contributed by atoms with E-state index in [-0.39, 0.29) is 11.7 Å². The molecular formula is C14H21FN2O. The summed E-state index contributed by atoms with van der Waals surface area (Å²) in [5.41, 5.74) is 7.64. The van der Waals surface area contributed by atoms with Crippen LogP contribution in [0.5, 0.6) is 0 Å². The largest absolute Gasteiger partial charge is 0.354 e. The van der Waals surface area contributed by atoms with Crippen LogP contribution in [0.3, 0.4) is 0 Å². The van der Waals surface area contributed by atoms with E-state index in [1.54, 1.807) is 6.07 Å². The average Bonchev–Trinajstić information content (AvgIpc) is 2.32. The SMILES string of the molecule is CCCC(N)C(=O)NCCc1ccc(F)cc1C. The predicted octanol–water partition coefficient (Wildman–Crippen LogP) is 1.92. The predicted molar refractivity (Wildman–Crippen MR) is 70.7 cm³/mol. The van der Waals surface area contributed by atoms with Gasteiger partial charge in [-0.1, -0.05) is 19.4 Å². The van der Waals surface area contributed by atoms with Crippen molar-refractivity contribution < 1.29 is 9.18 Å². The van der Waals surface area contributed by atoms with Crippen LogP contribution in [-0.4, -0.2) is 18.5 Å². The molecule has 0 fully saturated rings. The fourth-order valence-electron chi connectivity index (χ4n) is 1.83. The molecule has 1 aromatic rings. The van der Waals surface area contributed by atoms with Gasteiger partial charge in [-0.05, 0) is 43.0 Å². The normalized spacial score (nSPS) is 12.2. The second kappa shape index (κ2) is 7.11. The summed E-state index contributed by atoms with van der Waals surface area (Å²) in [6, 6.07) is 4.26. The molecule has 1 amide bonds. The highest BCUT2D eigenvalue weighted by molar-refractivity contribution is 5.81. The Kier molecular flexibility index (Phi) is 5.78. The molecule has 0 aliphatic carbocycles. The molecule has 3 N–H and O–H groups in total. The third-order valence-corrected chi connectivity index (χ3v) is 2.93. The monoisotopic (exact) mass is 252 g/mol. The first-order valence-corrected chi connectivity index (χ1v) is 6.33. The number of hydrogen-bond donors (Lipinski definition) is 2. The van der Waals surface area contributed by atoms with Gasteiger partial charge in [0.1, 0.15) is 5.82 Å². The van der Waals surface area contributed by atoms with Crippen molar-refractivity contribution in [2.45, 2.75) is 39.2 Å². The lowest BCUT2D eigenvalue weighted by molar-refractivity contribution is -0.122. The summed E-state index contributed by atoms with van der Waals surface area (Å²) >= 11 is 0. The molecule has 4 heteroatoms. The van der Waals surface area contributed by atoms with Crippen molar-refractivity contribution in [2.24, 2.45) is 5.73 Å². The summed E-state index contributed by atoms with van der Waals surface area (Å²) in [5.74, 6) is -0.345. The quantitative estimate of drug-likeness (QED) is 0.812. The van der Waals surface area contributed by atoms with Gasteiger partial charge in [-0.2, -0.15) is 0 Å². The molecule has 3 nitrogen and oxygen atoms in total. The van der Waals surface area contributed by atoms with Crippen LogP contribution in [0.2, 0.25) is 0 Å². The van der Waals surface area contributed by atoms with E-state index in [9.17, 15) is 9.18 Å². The number of aryl methyl sites for hydroxylation is 1. The van der Waals surface area contributed by atoms with Crippen molar-refractivity contribution in [1.82, 2.24) is 5.32 Å². The van der Waals surface area contributed by atoms with Gasteiger partial charge < -0.3 is 11.1 Å². The first-order chi connectivity index (χ1) is 8.54.